The van der Waals surface area contributed by atoms with Gasteiger partial charge in [-0.25, -0.2) is 0 Å². The van der Waals surface area contributed by atoms with Crippen LogP contribution < -0.4 is 11.1 Å². The van der Waals surface area contributed by atoms with Crippen molar-refractivity contribution in [2.75, 3.05) is 11.9 Å². The van der Waals surface area contributed by atoms with Crippen LogP contribution in [0.4, 0.5) is 5.69 Å². The Kier molecular flexibility index (Phi) is 4.97. The lowest BCUT2D eigenvalue weighted by Gasteiger charge is -2.11. The number of anilines is 1. The summed E-state index contributed by atoms with van der Waals surface area (Å²) in [7, 11) is 0. The monoisotopic (exact) mass is 254 g/mol. The fraction of sp³-hybridized carbons (Fsp3) is 0.462. The summed E-state index contributed by atoms with van der Waals surface area (Å²) in [6, 6.07) is 6.18. The number of halogens is 1. The van der Waals surface area contributed by atoms with Crippen molar-refractivity contribution in [1.29, 1.82) is 0 Å². The number of fused-ring (bicyclic) bond motifs is 1. The minimum atomic E-state index is -0.131. The maximum atomic E-state index is 11.7. The standard InChI is InChI=1S/C13H18N2O.ClH/c1-9(8-14)13(16)15-12-6-5-10-3-2-4-11(10)7-12;/h5-7,9H,2-4,8,14H2,1H3,(H,15,16);1H. The number of nitrogens with one attached hydrogen (secondary N) is 1. The van der Waals surface area contributed by atoms with Crippen LogP contribution in [0.25, 0.3) is 0 Å². The smallest absolute Gasteiger partial charge is 0.228 e. The van der Waals surface area contributed by atoms with E-state index in [9.17, 15) is 4.79 Å². The zero-order valence-corrected chi connectivity index (χ0v) is 10.8. The van der Waals surface area contributed by atoms with Gasteiger partial charge >= 0.3 is 0 Å². The third kappa shape index (κ3) is 3.20. The average Bonchev–Trinajstić information content (AvgIpc) is 2.75. The molecule has 1 aliphatic carbocycles. The normalized spacial score (nSPS) is 14.7. The van der Waals surface area contributed by atoms with Gasteiger partial charge in [-0.05, 0) is 42.5 Å². The summed E-state index contributed by atoms with van der Waals surface area (Å²) in [5.74, 6) is -0.131. The maximum Gasteiger partial charge on any atom is 0.228 e. The van der Waals surface area contributed by atoms with E-state index in [0.29, 0.717) is 6.54 Å². The molecule has 0 aromatic heterocycles. The Morgan fingerprint density at radius 3 is 2.82 bits per heavy atom. The number of amides is 1. The van der Waals surface area contributed by atoms with Gasteiger partial charge in [-0.2, -0.15) is 0 Å². The summed E-state index contributed by atoms with van der Waals surface area (Å²) in [6.45, 7) is 2.22. The summed E-state index contributed by atoms with van der Waals surface area (Å²) < 4.78 is 0. The van der Waals surface area contributed by atoms with E-state index in [-0.39, 0.29) is 24.2 Å². The SMILES string of the molecule is CC(CN)C(=O)Nc1ccc2c(c1)CCC2.Cl. The molecule has 0 spiro atoms. The van der Waals surface area contributed by atoms with E-state index in [1.807, 2.05) is 13.0 Å². The van der Waals surface area contributed by atoms with E-state index in [1.165, 1.54) is 24.0 Å². The topological polar surface area (TPSA) is 55.1 Å². The lowest BCUT2D eigenvalue weighted by molar-refractivity contribution is -0.119. The molecule has 0 fully saturated rings. The van der Waals surface area contributed by atoms with Crippen molar-refractivity contribution in [3.8, 4) is 0 Å². The molecule has 1 amide bonds. The molecule has 4 heteroatoms. The van der Waals surface area contributed by atoms with E-state index in [4.69, 9.17) is 5.73 Å². The third-order valence-corrected chi connectivity index (χ3v) is 3.17. The van der Waals surface area contributed by atoms with Gasteiger partial charge in [0, 0.05) is 18.2 Å². The predicted octanol–water partition coefficient (Wildman–Crippen LogP) is 2.13. The van der Waals surface area contributed by atoms with E-state index >= 15 is 0 Å². The van der Waals surface area contributed by atoms with Gasteiger partial charge in [0.2, 0.25) is 5.91 Å². The fourth-order valence-corrected chi connectivity index (χ4v) is 2.02. The summed E-state index contributed by atoms with van der Waals surface area (Å²) in [5.41, 5.74) is 9.14. The predicted molar refractivity (Wildman–Crippen MR) is 72.6 cm³/mol. The summed E-state index contributed by atoms with van der Waals surface area (Å²) in [6.07, 6.45) is 3.53. The first-order chi connectivity index (χ1) is 7.70. The van der Waals surface area contributed by atoms with Gasteiger partial charge in [0.15, 0.2) is 0 Å². The van der Waals surface area contributed by atoms with Crippen LogP contribution in [0.5, 0.6) is 0 Å². The van der Waals surface area contributed by atoms with Crippen LogP contribution in [0.15, 0.2) is 18.2 Å². The molecule has 0 bridgehead atoms. The highest BCUT2D eigenvalue weighted by atomic mass is 35.5. The Hall–Kier alpha value is -1.06. The van der Waals surface area contributed by atoms with Gasteiger partial charge in [0.05, 0.1) is 0 Å². The fourth-order valence-electron chi connectivity index (χ4n) is 2.02. The quantitative estimate of drug-likeness (QED) is 0.868. The molecular formula is C13H19ClN2O. The van der Waals surface area contributed by atoms with E-state index in [0.717, 1.165) is 12.1 Å². The molecule has 1 aromatic rings. The van der Waals surface area contributed by atoms with Crippen LogP contribution in [0.1, 0.15) is 24.5 Å². The second-order valence-electron chi connectivity index (χ2n) is 4.46. The molecule has 1 unspecified atom stereocenters. The van der Waals surface area contributed by atoms with Crippen LogP contribution in [0, 0.1) is 5.92 Å². The molecule has 0 radical (unpaired) electrons. The van der Waals surface area contributed by atoms with Crippen LogP contribution in [0.3, 0.4) is 0 Å². The number of carbonyl (C=O) groups is 1. The first-order valence-electron chi connectivity index (χ1n) is 5.83. The molecule has 1 aromatic carbocycles. The molecule has 1 aliphatic rings. The maximum absolute atomic E-state index is 11.7. The molecule has 17 heavy (non-hydrogen) atoms. The van der Waals surface area contributed by atoms with Crippen molar-refractivity contribution < 1.29 is 4.79 Å². The van der Waals surface area contributed by atoms with Gasteiger partial charge in [-0.1, -0.05) is 13.0 Å². The van der Waals surface area contributed by atoms with E-state index in [1.54, 1.807) is 0 Å². The zero-order chi connectivity index (χ0) is 11.5. The van der Waals surface area contributed by atoms with Gasteiger partial charge in [-0.15, -0.1) is 12.4 Å². The van der Waals surface area contributed by atoms with Crippen molar-refractivity contribution in [3.63, 3.8) is 0 Å². The van der Waals surface area contributed by atoms with Gasteiger partial charge in [0.25, 0.3) is 0 Å². The number of carbonyl (C=O) groups excluding carboxylic acids is 1. The molecule has 3 N–H and O–H groups in total. The van der Waals surface area contributed by atoms with E-state index < -0.39 is 0 Å². The summed E-state index contributed by atoms with van der Waals surface area (Å²) in [5, 5.41) is 2.90. The minimum absolute atomic E-state index is 0. The van der Waals surface area contributed by atoms with E-state index in [2.05, 4.69) is 17.4 Å². The number of benzene rings is 1. The van der Waals surface area contributed by atoms with Crippen molar-refractivity contribution in [3.05, 3.63) is 29.3 Å². The Bertz CT molecular complexity index is 406. The zero-order valence-electron chi connectivity index (χ0n) is 10.0. The van der Waals surface area contributed by atoms with Crippen molar-refractivity contribution in [2.24, 2.45) is 11.7 Å². The van der Waals surface area contributed by atoms with Gasteiger partial charge in [-0.3, -0.25) is 4.79 Å². The second-order valence-corrected chi connectivity index (χ2v) is 4.46. The summed E-state index contributed by atoms with van der Waals surface area (Å²) in [4.78, 5) is 11.7. The first kappa shape index (κ1) is 14.0. The Morgan fingerprint density at radius 1 is 1.41 bits per heavy atom. The van der Waals surface area contributed by atoms with Crippen molar-refractivity contribution in [2.45, 2.75) is 26.2 Å². The number of aryl methyl sites for hydroxylation is 2. The minimum Gasteiger partial charge on any atom is -0.330 e. The molecule has 0 saturated carbocycles. The highest BCUT2D eigenvalue weighted by Crippen LogP contribution is 2.24. The Labute approximate surface area is 108 Å². The molecule has 0 heterocycles. The van der Waals surface area contributed by atoms with Gasteiger partial charge in [0.1, 0.15) is 0 Å². The van der Waals surface area contributed by atoms with Gasteiger partial charge < -0.3 is 11.1 Å². The van der Waals surface area contributed by atoms with Crippen LogP contribution in [-0.2, 0) is 17.6 Å². The van der Waals surface area contributed by atoms with Crippen LogP contribution in [-0.4, -0.2) is 12.5 Å². The molecule has 2 rings (SSSR count). The number of hydrogen-bond acceptors (Lipinski definition) is 2. The first-order valence-corrected chi connectivity index (χ1v) is 5.83. The lowest BCUT2D eigenvalue weighted by Crippen LogP contribution is -2.26. The highest BCUT2D eigenvalue weighted by molar-refractivity contribution is 5.92. The van der Waals surface area contributed by atoms with Crippen molar-refractivity contribution in [1.82, 2.24) is 0 Å². The highest BCUT2D eigenvalue weighted by Gasteiger charge is 2.14. The second kappa shape index (κ2) is 6.03. The molecule has 3 nitrogen and oxygen atoms in total. The summed E-state index contributed by atoms with van der Waals surface area (Å²) >= 11 is 0. The average molecular weight is 255 g/mol. The Balaban J connectivity index is 0.00000144. The third-order valence-electron chi connectivity index (χ3n) is 3.17. The number of hydrogen-bond donors (Lipinski definition) is 2. The van der Waals surface area contributed by atoms with Crippen molar-refractivity contribution >= 4 is 24.0 Å². The lowest BCUT2D eigenvalue weighted by atomic mass is 10.1. The Morgan fingerprint density at radius 2 is 2.12 bits per heavy atom. The molecule has 1 atom stereocenters. The molecular weight excluding hydrogens is 236 g/mol. The number of rotatable bonds is 3. The van der Waals surface area contributed by atoms with Crippen LogP contribution >= 0.6 is 12.4 Å². The van der Waals surface area contributed by atoms with Crippen LogP contribution in [0.2, 0.25) is 0 Å². The molecule has 0 saturated heterocycles. The molecule has 94 valence electrons. The number of nitrogens with two attached hydrogens (primary N) is 1. The largest absolute Gasteiger partial charge is 0.330 e. The molecule has 0 aliphatic heterocycles.